The van der Waals surface area contributed by atoms with Crippen LogP contribution in [0.3, 0.4) is 0 Å². The zero-order valence-corrected chi connectivity index (χ0v) is 15.0. The number of nitrogens with zero attached hydrogens (tertiary/aromatic N) is 1. The predicted octanol–water partition coefficient (Wildman–Crippen LogP) is 3.84. The Morgan fingerprint density at radius 3 is 2.88 bits per heavy atom. The fraction of sp³-hybridized carbons (Fsp3) is 0.400. The van der Waals surface area contributed by atoms with Crippen LogP contribution >= 0.6 is 11.6 Å². The number of carbonyl (C=O) groups excluding carboxylic acids is 1. The summed E-state index contributed by atoms with van der Waals surface area (Å²) in [6.45, 7) is 2.21. The molecule has 0 aromatic heterocycles. The summed E-state index contributed by atoms with van der Waals surface area (Å²) in [4.78, 5) is 13.1. The van der Waals surface area contributed by atoms with Gasteiger partial charge < -0.3 is 10.1 Å². The number of ketones is 1. The molecule has 4 nitrogen and oxygen atoms in total. The van der Waals surface area contributed by atoms with Crippen LogP contribution in [-0.2, 0) is 4.74 Å². The van der Waals surface area contributed by atoms with E-state index in [0.29, 0.717) is 17.5 Å². The third-order valence-electron chi connectivity index (χ3n) is 4.92. The summed E-state index contributed by atoms with van der Waals surface area (Å²) >= 11 is 5.96. The van der Waals surface area contributed by atoms with Gasteiger partial charge in [0.05, 0.1) is 12.7 Å². The molecule has 1 N–H and O–H groups in total. The molecule has 2 atom stereocenters. The van der Waals surface area contributed by atoms with Gasteiger partial charge in [-0.15, -0.1) is 0 Å². The first-order valence-electron chi connectivity index (χ1n) is 8.66. The number of allylic oxidation sites excluding steroid dienone is 2. The number of benzene rings is 1. The standard InChI is InChI=1S/C20H20ClFN2O2/c21-16-4-1-3-15(11-16)19(25)20(13-23)17(22)5-2-6-18(20)26-12-14-7-9-24-10-8-14/h1-6,11,14,18,24H,7-10,12H2. The van der Waals surface area contributed by atoms with Crippen LogP contribution in [0.5, 0.6) is 0 Å². The predicted molar refractivity (Wildman–Crippen MR) is 97.5 cm³/mol. The minimum Gasteiger partial charge on any atom is -0.371 e. The number of nitriles is 1. The van der Waals surface area contributed by atoms with Gasteiger partial charge in [0.2, 0.25) is 5.41 Å². The quantitative estimate of drug-likeness (QED) is 0.795. The number of rotatable bonds is 5. The van der Waals surface area contributed by atoms with E-state index in [4.69, 9.17) is 16.3 Å². The minimum atomic E-state index is -2.02. The molecule has 6 heteroatoms. The highest BCUT2D eigenvalue weighted by Gasteiger charge is 2.52. The molecule has 1 fully saturated rings. The largest absolute Gasteiger partial charge is 0.371 e. The molecule has 2 aliphatic rings. The van der Waals surface area contributed by atoms with E-state index >= 15 is 0 Å². The van der Waals surface area contributed by atoms with Gasteiger partial charge in [-0.1, -0.05) is 35.9 Å². The van der Waals surface area contributed by atoms with E-state index in [-0.39, 0.29) is 5.56 Å². The molecule has 0 saturated carbocycles. The second-order valence-electron chi connectivity index (χ2n) is 6.61. The van der Waals surface area contributed by atoms with Gasteiger partial charge in [-0.3, -0.25) is 4.79 Å². The van der Waals surface area contributed by atoms with Crippen molar-refractivity contribution >= 4 is 17.4 Å². The molecule has 1 aliphatic carbocycles. The first-order chi connectivity index (χ1) is 12.6. The van der Waals surface area contributed by atoms with Crippen LogP contribution in [0.25, 0.3) is 0 Å². The van der Waals surface area contributed by atoms with Crippen LogP contribution in [0.2, 0.25) is 5.02 Å². The van der Waals surface area contributed by atoms with Gasteiger partial charge in [-0.2, -0.15) is 5.26 Å². The number of hydrogen-bond acceptors (Lipinski definition) is 4. The maximum Gasteiger partial charge on any atom is 0.200 e. The van der Waals surface area contributed by atoms with E-state index in [1.54, 1.807) is 18.2 Å². The highest BCUT2D eigenvalue weighted by Crippen LogP contribution is 2.41. The summed E-state index contributed by atoms with van der Waals surface area (Å²) in [5.74, 6) is -1.12. The van der Waals surface area contributed by atoms with Crippen LogP contribution in [0.4, 0.5) is 4.39 Å². The molecule has 0 radical (unpaired) electrons. The number of carbonyl (C=O) groups is 1. The second kappa shape index (κ2) is 8.13. The lowest BCUT2D eigenvalue weighted by Gasteiger charge is -2.34. The van der Waals surface area contributed by atoms with E-state index in [0.717, 1.165) is 32.0 Å². The van der Waals surface area contributed by atoms with Crippen molar-refractivity contribution in [2.45, 2.75) is 18.9 Å². The molecule has 1 aromatic carbocycles. The van der Waals surface area contributed by atoms with Crippen molar-refractivity contribution in [1.82, 2.24) is 5.32 Å². The smallest absolute Gasteiger partial charge is 0.200 e. The molecule has 136 valence electrons. The van der Waals surface area contributed by atoms with E-state index in [1.807, 2.05) is 6.07 Å². The number of hydrogen-bond donors (Lipinski definition) is 1. The van der Waals surface area contributed by atoms with E-state index in [2.05, 4.69) is 5.32 Å². The molecule has 26 heavy (non-hydrogen) atoms. The third-order valence-corrected chi connectivity index (χ3v) is 5.16. The van der Waals surface area contributed by atoms with Crippen molar-refractivity contribution in [3.05, 3.63) is 58.9 Å². The van der Waals surface area contributed by atoms with Crippen LogP contribution < -0.4 is 5.32 Å². The topological polar surface area (TPSA) is 62.1 Å². The Hall–Kier alpha value is -2.00. The van der Waals surface area contributed by atoms with E-state index in [9.17, 15) is 14.4 Å². The summed E-state index contributed by atoms with van der Waals surface area (Å²) in [6, 6.07) is 8.10. The molecule has 1 saturated heterocycles. The van der Waals surface area contributed by atoms with Crippen molar-refractivity contribution in [3.63, 3.8) is 0 Å². The summed E-state index contributed by atoms with van der Waals surface area (Å²) in [5, 5.41) is 13.4. The maximum absolute atomic E-state index is 14.8. The lowest BCUT2D eigenvalue weighted by Crippen LogP contribution is -2.45. The van der Waals surface area contributed by atoms with Gasteiger partial charge in [0.25, 0.3) is 0 Å². The highest BCUT2D eigenvalue weighted by molar-refractivity contribution is 6.31. The Balaban J connectivity index is 1.87. The Labute approximate surface area is 157 Å². The van der Waals surface area contributed by atoms with Crippen LogP contribution in [0, 0.1) is 22.7 Å². The lowest BCUT2D eigenvalue weighted by molar-refractivity contribution is 0.00144. The fourth-order valence-electron chi connectivity index (χ4n) is 3.38. The summed E-state index contributed by atoms with van der Waals surface area (Å²) < 4.78 is 20.7. The Morgan fingerprint density at radius 2 is 2.19 bits per heavy atom. The fourth-order valence-corrected chi connectivity index (χ4v) is 3.57. The van der Waals surface area contributed by atoms with Gasteiger partial charge in [0.1, 0.15) is 11.9 Å². The summed E-state index contributed by atoms with van der Waals surface area (Å²) in [7, 11) is 0. The average Bonchev–Trinajstić information content (AvgIpc) is 2.67. The summed E-state index contributed by atoms with van der Waals surface area (Å²) in [5.41, 5.74) is -1.83. The molecule has 2 unspecified atom stereocenters. The number of ether oxygens (including phenoxy) is 1. The van der Waals surface area contributed by atoms with Gasteiger partial charge >= 0.3 is 0 Å². The number of nitrogens with one attached hydrogen (secondary N) is 1. The zero-order chi connectivity index (χ0) is 18.6. The Bertz CT molecular complexity index is 780. The molecule has 0 amide bonds. The molecule has 1 aromatic rings. The Kier molecular flexibility index (Phi) is 5.87. The summed E-state index contributed by atoms with van der Waals surface area (Å²) in [6.07, 6.45) is 5.15. The van der Waals surface area contributed by atoms with Crippen molar-refractivity contribution in [3.8, 4) is 6.07 Å². The van der Waals surface area contributed by atoms with Gasteiger partial charge in [-0.25, -0.2) is 4.39 Å². The lowest BCUT2D eigenvalue weighted by atomic mass is 9.73. The van der Waals surface area contributed by atoms with Gasteiger partial charge in [0.15, 0.2) is 5.78 Å². The molecule has 0 spiro atoms. The van der Waals surface area contributed by atoms with E-state index < -0.39 is 23.1 Å². The van der Waals surface area contributed by atoms with E-state index in [1.165, 1.54) is 18.2 Å². The zero-order valence-electron chi connectivity index (χ0n) is 14.3. The number of Topliss-reactive ketones (excluding diaryl/α,β-unsaturated/α-hetero) is 1. The Morgan fingerprint density at radius 1 is 1.42 bits per heavy atom. The third kappa shape index (κ3) is 3.59. The molecular weight excluding hydrogens is 355 g/mol. The normalized spacial score (nSPS) is 26.2. The minimum absolute atomic E-state index is 0.188. The van der Waals surface area contributed by atoms with Gasteiger partial charge in [-0.05, 0) is 50.1 Å². The van der Waals surface area contributed by atoms with Crippen molar-refractivity contribution in [1.29, 1.82) is 5.26 Å². The molecule has 3 rings (SSSR count). The molecule has 0 bridgehead atoms. The molecule has 1 aliphatic heterocycles. The van der Waals surface area contributed by atoms with Crippen LogP contribution in [0.1, 0.15) is 23.2 Å². The monoisotopic (exact) mass is 374 g/mol. The van der Waals surface area contributed by atoms with Crippen molar-refractivity contribution < 1.29 is 13.9 Å². The second-order valence-corrected chi connectivity index (χ2v) is 7.04. The van der Waals surface area contributed by atoms with Crippen LogP contribution in [-0.4, -0.2) is 31.6 Å². The first kappa shape index (κ1) is 18.8. The number of halogens is 2. The highest BCUT2D eigenvalue weighted by atomic mass is 35.5. The van der Waals surface area contributed by atoms with Crippen LogP contribution in [0.15, 0.2) is 48.3 Å². The first-order valence-corrected chi connectivity index (χ1v) is 9.04. The van der Waals surface area contributed by atoms with Crippen molar-refractivity contribution in [2.24, 2.45) is 11.3 Å². The molecule has 1 heterocycles. The molecular formula is C20H20ClFN2O2. The van der Waals surface area contributed by atoms with Gasteiger partial charge in [0, 0.05) is 10.6 Å². The SMILES string of the molecule is N#CC1(C(=O)c2cccc(Cl)c2)C(F)=CC=CC1OCC1CCNCC1. The number of piperidine rings is 1. The van der Waals surface area contributed by atoms with Crippen molar-refractivity contribution in [2.75, 3.05) is 19.7 Å². The maximum atomic E-state index is 14.8. The average molecular weight is 375 g/mol.